The second kappa shape index (κ2) is 4.30. The fraction of sp³-hybridized carbons (Fsp3) is 0.231. The number of rotatable bonds is 2. The first kappa shape index (κ1) is 11.8. The molecule has 0 aliphatic heterocycles. The Hall–Kier alpha value is -1.68. The molecule has 0 spiro atoms. The molecule has 0 radical (unpaired) electrons. The number of ether oxygens (including phenoxy) is 1. The lowest BCUT2D eigenvalue weighted by atomic mass is 10.0. The number of hydrogen-bond donors (Lipinski definition) is 1. The number of fused-ring (bicyclic) bond motifs is 1. The summed E-state index contributed by atoms with van der Waals surface area (Å²) in [4.78, 5) is 4.91. The number of methoxy groups -OCH3 is 1. The van der Waals surface area contributed by atoms with Crippen LogP contribution < -0.4 is 10.5 Å². The van der Waals surface area contributed by atoms with Gasteiger partial charge in [0.2, 0.25) is 0 Å². The molecule has 88 valence electrons. The monoisotopic (exact) mass is 246 g/mol. The molecule has 2 rings (SSSR count). The third kappa shape index (κ3) is 2.08. The zero-order valence-electron chi connectivity index (χ0n) is 10.1. The number of hydrogen-bond acceptors (Lipinski definition) is 3. The summed E-state index contributed by atoms with van der Waals surface area (Å²) in [6, 6.07) is 5.79. The third-order valence-electron chi connectivity index (χ3n) is 2.70. The van der Waals surface area contributed by atoms with Crippen molar-refractivity contribution >= 4 is 28.1 Å². The van der Waals surface area contributed by atoms with Crippen LogP contribution in [0.5, 0.6) is 5.75 Å². The Labute approximate surface area is 106 Å². The molecular weight excluding hydrogens is 232 g/mol. The molecule has 1 aromatic heterocycles. The van der Waals surface area contributed by atoms with E-state index >= 15 is 0 Å². The summed E-state index contributed by atoms with van der Waals surface area (Å²) < 4.78 is 5.37. The molecule has 2 aromatic rings. The Morgan fingerprint density at radius 2 is 2.00 bits per heavy atom. The second-order valence-electron chi connectivity index (χ2n) is 4.02. The highest BCUT2D eigenvalue weighted by Crippen LogP contribution is 2.28. The predicted octanol–water partition coefficient (Wildman–Crippen LogP) is 2.49. The lowest BCUT2D eigenvalue weighted by molar-refractivity contribution is 0.419. The molecule has 0 atom stereocenters. The van der Waals surface area contributed by atoms with Gasteiger partial charge in [0.05, 0.1) is 12.6 Å². The van der Waals surface area contributed by atoms with Gasteiger partial charge in [-0.2, -0.15) is 0 Å². The van der Waals surface area contributed by atoms with Gasteiger partial charge in [-0.1, -0.05) is 12.2 Å². The average molecular weight is 246 g/mol. The number of pyridine rings is 1. The Balaban J connectivity index is 2.86. The van der Waals surface area contributed by atoms with Gasteiger partial charge in [-0.25, -0.2) is 0 Å². The average Bonchev–Trinajstić information content (AvgIpc) is 2.28. The lowest BCUT2D eigenvalue weighted by Gasteiger charge is -2.10. The molecule has 0 bridgehead atoms. The largest absolute Gasteiger partial charge is 0.496 e. The van der Waals surface area contributed by atoms with Crippen molar-refractivity contribution in [3.05, 3.63) is 35.0 Å². The summed E-state index contributed by atoms with van der Waals surface area (Å²) in [5, 5.41) is 0.945. The van der Waals surface area contributed by atoms with Crippen LogP contribution in [0, 0.1) is 13.8 Å². The zero-order valence-corrected chi connectivity index (χ0v) is 10.9. The van der Waals surface area contributed by atoms with Gasteiger partial charge in [0.1, 0.15) is 10.7 Å². The number of thiocarbonyl (C=S) groups is 1. The highest BCUT2D eigenvalue weighted by Gasteiger charge is 2.09. The topological polar surface area (TPSA) is 48.1 Å². The van der Waals surface area contributed by atoms with E-state index in [9.17, 15) is 0 Å². The van der Waals surface area contributed by atoms with E-state index in [2.05, 4.69) is 4.98 Å². The van der Waals surface area contributed by atoms with Gasteiger partial charge in [0.25, 0.3) is 0 Å². The van der Waals surface area contributed by atoms with Crippen molar-refractivity contribution in [1.82, 2.24) is 4.98 Å². The summed E-state index contributed by atoms with van der Waals surface area (Å²) in [5.74, 6) is 0.800. The van der Waals surface area contributed by atoms with Crippen LogP contribution in [0.2, 0.25) is 0 Å². The fourth-order valence-corrected chi connectivity index (χ4v) is 2.02. The van der Waals surface area contributed by atoms with Crippen LogP contribution in [-0.2, 0) is 0 Å². The molecule has 2 N–H and O–H groups in total. The van der Waals surface area contributed by atoms with Crippen molar-refractivity contribution in [2.75, 3.05) is 7.11 Å². The van der Waals surface area contributed by atoms with E-state index in [0.29, 0.717) is 4.99 Å². The maximum absolute atomic E-state index is 5.67. The Morgan fingerprint density at radius 1 is 1.29 bits per heavy atom. The molecule has 0 fully saturated rings. The van der Waals surface area contributed by atoms with Gasteiger partial charge in [0.15, 0.2) is 0 Å². The first-order valence-electron chi connectivity index (χ1n) is 5.28. The molecule has 0 amide bonds. The molecule has 0 aliphatic carbocycles. The van der Waals surface area contributed by atoms with Gasteiger partial charge in [-0.05, 0) is 31.5 Å². The van der Waals surface area contributed by atoms with Gasteiger partial charge in [-0.3, -0.25) is 4.98 Å². The van der Waals surface area contributed by atoms with E-state index in [1.165, 1.54) is 0 Å². The third-order valence-corrected chi connectivity index (χ3v) is 2.93. The quantitative estimate of drug-likeness (QED) is 0.827. The lowest BCUT2D eigenvalue weighted by Crippen LogP contribution is -2.09. The molecular formula is C13H14N2OS. The van der Waals surface area contributed by atoms with Crippen molar-refractivity contribution < 1.29 is 4.74 Å². The molecule has 4 heteroatoms. The molecule has 1 heterocycles. The minimum Gasteiger partial charge on any atom is -0.496 e. The van der Waals surface area contributed by atoms with E-state index < -0.39 is 0 Å². The van der Waals surface area contributed by atoms with Crippen molar-refractivity contribution in [2.45, 2.75) is 13.8 Å². The summed E-state index contributed by atoms with van der Waals surface area (Å²) in [7, 11) is 1.65. The minimum absolute atomic E-state index is 0.387. The maximum Gasteiger partial charge on any atom is 0.130 e. The maximum atomic E-state index is 5.67. The number of aromatic nitrogens is 1. The van der Waals surface area contributed by atoms with Crippen LogP contribution in [-0.4, -0.2) is 17.1 Å². The van der Waals surface area contributed by atoms with Crippen LogP contribution in [0.4, 0.5) is 0 Å². The highest BCUT2D eigenvalue weighted by molar-refractivity contribution is 7.80. The highest BCUT2D eigenvalue weighted by atomic mass is 32.1. The number of aryl methyl sites for hydroxylation is 2. The molecule has 0 saturated heterocycles. The second-order valence-corrected chi connectivity index (χ2v) is 4.46. The van der Waals surface area contributed by atoms with E-state index in [1.807, 2.05) is 32.0 Å². The van der Waals surface area contributed by atoms with Crippen LogP contribution in [0.15, 0.2) is 18.2 Å². The fourth-order valence-electron chi connectivity index (χ4n) is 1.90. The molecule has 0 unspecified atom stereocenters. The molecule has 3 nitrogen and oxygen atoms in total. The zero-order chi connectivity index (χ0) is 12.6. The first-order valence-corrected chi connectivity index (χ1v) is 5.69. The van der Waals surface area contributed by atoms with E-state index in [1.54, 1.807) is 7.11 Å². The van der Waals surface area contributed by atoms with Crippen molar-refractivity contribution in [3.8, 4) is 5.75 Å². The van der Waals surface area contributed by atoms with E-state index in [4.69, 9.17) is 22.7 Å². The van der Waals surface area contributed by atoms with Crippen molar-refractivity contribution in [3.63, 3.8) is 0 Å². The van der Waals surface area contributed by atoms with Gasteiger partial charge in [-0.15, -0.1) is 0 Å². The first-order chi connectivity index (χ1) is 8.02. The minimum atomic E-state index is 0.387. The smallest absolute Gasteiger partial charge is 0.130 e. The Kier molecular flexibility index (Phi) is 2.98. The number of nitrogens with two attached hydrogens (primary N) is 1. The molecule has 1 aromatic carbocycles. The van der Waals surface area contributed by atoms with Gasteiger partial charge in [0, 0.05) is 22.7 Å². The summed E-state index contributed by atoms with van der Waals surface area (Å²) >= 11 is 5.01. The summed E-state index contributed by atoms with van der Waals surface area (Å²) in [6.07, 6.45) is 0. The SMILES string of the molecule is COc1cc(C)nc2c(C)cc(C(N)=S)cc12. The van der Waals surface area contributed by atoms with Crippen molar-refractivity contribution in [1.29, 1.82) is 0 Å². The standard InChI is InChI=1S/C13H14N2OS/c1-7-4-9(13(14)17)6-10-11(16-3)5-8(2)15-12(7)10/h4-6H,1-3H3,(H2,14,17). The number of benzene rings is 1. The van der Waals surface area contributed by atoms with E-state index in [-0.39, 0.29) is 0 Å². The normalized spacial score (nSPS) is 10.5. The van der Waals surface area contributed by atoms with Crippen molar-refractivity contribution in [2.24, 2.45) is 5.73 Å². The van der Waals surface area contributed by atoms with Crippen LogP contribution >= 0.6 is 12.2 Å². The molecule has 17 heavy (non-hydrogen) atoms. The summed E-state index contributed by atoms with van der Waals surface area (Å²) in [6.45, 7) is 3.94. The molecule has 0 aliphatic rings. The van der Waals surface area contributed by atoms with Crippen LogP contribution in [0.1, 0.15) is 16.8 Å². The Morgan fingerprint density at radius 3 is 2.59 bits per heavy atom. The Bertz CT molecular complexity index is 608. The number of nitrogens with zero attached hydrogens (tertiary/aromatic N) is 1. The predicted molar refractivity (Wildman–Crippen MR) is 73.7 cm³/mol. The van der Waals surface area contributed by atoms with Gasteiger partial charge < -0.3 is 10.5 Å². The van der Waals surface area contributed by atoms with E-state index in [0.717, 1.165) is 33.5 Å². The molecule has 0 saturated carbocycles. The summed E-state index contributed by atoms with van der Waals surface area (Å²) in [5.41, 5.74) is 9.42. The van der Waals surface area contributed by atoms with Gasteiger partial charge >= 0.3 is 0 Å². The van der Waals surface area contributed by atoms with Crippen LogP contribution in [0.3, 0.4) is 0 Å². The van der Waals surface area contributed by atoms with Crippen LogP contribution in [0.25, 0.3) is 10.9 Å².